The largest absolute Gasteiger partial charge is 0.393 e. The molecule has 3 spiro atoms. The fourth-order valence-corrected chi connectivity index (χ4v) is 13.3. The molecule has 2 aromatic rings. The molecule has 6 aliphatic carbocycles. The number of benzene rings is 2. The Labute approximate surface area is 311 Å². The number of aliphatic hydroxyl groups excluding tert-OH is 1. The van der Waals surface area contributed by atoms with Gasteiger partial charge in [0.2, 0.25) is 5.91 Å². The summed E-state index contributed by atoms with van der Waals surface area (Å²) in [5.41, 5.74) is -1.23. The molecule has 2 saturated heterocycles. The number of carbonyl (C=O) groups is 2. The van der Waals surface area contributed by atoms with E-state index in [2.05, 4.69) is 59.3 Å². The number of likely N-dealkylation sites (tertiary alicyclic amines) is 1. The smallest absolute Gasteiger partial charge is 0.247 e. The first-order chi connectivity index (χ1) is 24.8. The number of carbonyl (C=O) groups excluding carboxylic acids is 2. The maximum atomic E-state index is 15.1. The van der Waals surface area contributed by atoms with Crippen LogP contribution in [0.5, 0.6) is 0 Å². The van der Waals surface area contributed by atoms with Crippen LogP contribution in [-0.2, 0) is 16.0 Å². The number of piperidine rings is 1. The highest BCUT2D eigenvalue weighted by Gasteiger charge is 2.74. The summed E-state index contributed by atoms with van der Waals surface area (Å²) < 4.78 is 15.1. The van der Waals surface area contributed by atoms with Crippen LogP contribution in [0, 0.1) is 39.3 Å². The lowest BCUT2D eigenvalue weighted by Crippen LogP contribution is -2.67. The van der Waals surface area contributed by atoms with Crippen LogP contribution in [-0.4, -0.2) is 70.4 Å². The zero-order chi connectivity index (χ0) is 36.3. The van der Waals surface area contributed by atoms with Crippen molar-refractivity contribution in [1.29, 1.82) is 0 Å². The molecule has 7 nitrogen and oxygen atoms in total. The van der Waals surface area contributed by atoms with E-state index in [1.807, 2.05) is 18.2 Å². The Bertz CT molecular complexity index is 1860. The molecule has 2 heterocycles. The van der Waals surface area contributed by atoms with Crippen molar-refractivity contribution in [2.24, 2.45) is 33.5 Å². The van der Waals surface area contributed by atoms with Gasteiger partial charge >= 0.3 is 0 Å². The van der Waals surface area contributed by atoms with Gasteiger partial charge in [0.05, 0.1) is 18.4 Å². The van der Waals surface area contributed by atoms with Crippen molar-refractivity contribution in [1.82, 2.24) is 10.2 Å². The fraction of sp³-hybridized carbons (Fsp3) is 0.581. The number of hydrogen-bond donors (Lipinski definition) is 3. The van der Waals surface area contributed by atoms with Crippen LogP contribution >= 0.6 is 11.6 Å². The molecule has 8 aliphatic rings. The molecule has 9 heteroatoms. The normalized spacial score (nSPS) is 40.3. The molecule has 8 atom stereocenters. The minimum absolute atomic E-state index is 0.0126. The molecule has 1 unspecified atom stereocenters. The number of ketones is 1. The maximum Gasteiger partial charge on any atom is 0.247 e. The van der Waals surface area contributed by atoms with Crippen LogP contribution in [0.25, 0.3) is 0 Å². The average Bonchev–Trinajstić information content (AvgIpc) is 3.59. The summed E-state index contributed by atoms with van der Waals surface area (Å²) >= 11 is 6.48. The molecule has 1 amide bonds. The molecule has 52 heavy (non-hydrogen) atoms. The number of nitrogens with one attached hydrogen (secondary N) is 1. The lowest BCUT2D eigenvalue weighted by Gasteiger charge is -2.71. The second-order valence-corrected chi connectivity index (χ2v) is 18.3. The van der Waals surface area contributed by atoms with Crippen molar-refractivity contribution < 1.29 is 24.2 Å². The van der Waals surface area contributed by atoms with E-state index in [4.69, 9.17) is 11.6 Å². The number of rotatable bonds is 6. The molecule has 0 radical (unpaired) electrons. The number of para-hydroxylation sites is 1. The van der Waals surface area contributed by atoms with E-state index >= 15 is 4.39 Å². The Morgan fingerprint density at radius 2 is 1.65 bits per heavy atom. The summed E-state index contributed by atoms with van der Waals surface area (Å²) in [6, 6.07) is 14.7. The highest BCUT2D eigenvalue weighted by Crippen LogP contribution is 2.78. The topological polar surface area (TPSA) is 93.1 Å². The van der Waals surface area contributed by atoms with Gasteiger partial charge in [-0.25, -0.2) is 4.39 Å². The lowest BCUT2D eigenvalue weighted by molar-refractivity contribution is -0.179. The standard InChI is InChI=1S/C43H51ClFN3O4/c1-38-14-11-29(49)24-40(38)17-18-43(31(25-40)34(50)23-30-32(44)9-6-10-33(30)45)35(38)12-15-39(2)36(43)13-16-42(39,52)26-47-21-19-41(20-22-47)37(51)46-27-48(41)28-7-4-3-5-8-28/h3-10,17-18,25,29,35-36,49,52H,11-16,19-24,26-27H2,1-2H3,(H,46,51)/t29?,35-,36-,38-,39+,40+,42-,43-/m1/s1. The summed E-state index contributed by atoms with van der Waals surface area (Å²) in [7, 11) is 0. The maximum absolute atomic E-state index is 15.1. The lowest BCUT2D eigenvalue weighted by atomic mass is 9.32. The van der Waals surface area contributed by atoms with Gasteiger partial charge in [0, 0.05) is 64.1 Å². The Morgan fingerprint density at radius 1 is 0.942 bits per heavy atom. The molecule has 2 aromatic carbocycles. The summed E-state index contributed by atoms with van der Waals surface area (Å²) in [6.45, 7) is 7.08. The molecule has 3 N–H and O–H groups in total. The molecular formula is C43H51ClFN3O4. The van der Waals surface area contributed by atoms with E-state index in [0.717, 1.165) is 43.4 Å². The van der Waals surface area contributed by atoms with E-state index < -0.39 is 39.3 Å². The molecular weight excluding hydrogens is 677 g/mol. The van der Waals surface area contributed by atoms with E-state index in [-0.39, 0.29) is 45.9 Å². The number of hydrogen-bond acceptors (Lipinski definition) is 6. The van der Waals surface area contributed by atoms with E-state index in [9.17, 15) is 19.8 Å². The minimum Gasteiger partial charge on any atom is -0.393 e. The van der Waals surface area contributed by atoms with Crippen LogP contribution < -0.4 is 10.2 Å². The number of anilines is 1. The second-order valence-electron chi connectivity index (χ2n) is 17.8. The van der Waals surface area contributed by atoms with Gasteiger partial charge in [-0.3, -0.25) is 9.59 Å². The van der Waals surface area contributed by atoms with Crippen molar-refractivity contribution >= 4 is 29.0 Å². The first-order valence-corrected chi connectivity index (χ1v) is 19.8. The number of allylic oxidation sites excluding steroid dienone is 4. The molecule has 0 aromatic heterocycles. The van der Waals surface area contributed by atoms with Gasteiger partial charge < -0.3 is 25.3 Å². The number of nitrogens with zero attached hydrogens (tertiary/aromatic N) is 2. The Hall–Kier alpha value is -3.04. The van der Waals surface area contributed by atoms with Crippen LogP contribution in [0.15, 0.2) is 72.3 Å². The number of amides is 1. The third kappa shape index (κ3) is 4.53. The third-order valence-corrected chi connectivity index (χ3v) is 16.3. The van der Waals surface area contributed by atoms with Gasteiger partial charge in [-0.15, -0.1) is 0 Å². The number of Topliss-reactive ketones (excluding diaryl/α,β-unsaturated/α-hetero) is 1. The minimum atomic E-state index is -0.981. The second kappa shape index (κ2) is 11.7. The predicted octanol–water partition coefficient (Wildman–Crippen LogP) is 6.61. The third-order valence-electron chi connectivity index (χ3n) is 16.0. The number of aliphatic hydroxyl groups is 2. The molecule has 10 rings (SSSR count). The molecule has 5 fully saturated rings. The summed E-state index contributed by atoms with van der Waals surface area (Å²) in [6.07, 6.45) is 12.9. The Balaban J connectivity index is 1.03. The van der Waals surface area contributed by atoms with Gasteiger partial charge in [0.1, 0.15) is 11.4 Å². The van der Waals surface area contributed by atoms with Crippen molar-refractivity contribution in [2.45, 2.75) is 95.3 Å². The quantitative estimate of drug-likeness (QED) is 0.290. The summed E-state index contributed by atoms with van der Waals surface area (Å²) in [5, 5.41) is 27.3. The first-order valence-electron chi connectivity index (χ1n) is 19.4. The molecule has 2 aliphatic heterocycles. The molecule has 3 saturated carbocycles. The molecule has 276 valence electrons. The zero-order valence-electron chi connectivity index (χ0n) is 30.3. The number of fused-ring (bicyclic) bond motifs is 1. The van der Waals surface area contributed by atoms with Crippen LogP contribution in [0.2, 0.25) is 5.02 Å². The van der Waals surface area contributed by atoms with Gasteiger partial charge in [-0.1, -0.05) is 67.9 Å². The van der Waals surface area contributed by atoms with Crippen molar-refractivity contribution in [3.8, 4) is 0 Å². The molecule has 2 bridgehead atoms. The van der Waals surface area contributed by atoms with Gasteiger partial charge in [0.15, 0.2) is 5.78 Å². The predicted molar refractivity (Wildman–Crippen MR) is 199 cm³/mol. The highest BCUT2D eigenvalue weighted by molar-refractivity contribution is 6.31. The first kappa shape index (κ1) is 34.7. The van der Waals surface area contributed by atoms with E-state index in [1.165, 1.54) is 6.07 Å². The zero-order valence-corrected chi connectivity index (χ0v) is 31.1. The van der Waals surface area contributed by atoms with Crippen LogP contribution in [0.1, 0.15) is 77.2 Å². The number of β-amino-alcohol motifs (C(OH)–C–C–N with tert-alkyl or cyclic N) is 1. The summed E-state index contributed by atoms with van der Waals surface area (Å²) in [5.74, 6) is -0.322. The summed E-state index contributed by atoms with van der Waals surface area (Å²) in [4.78, 5) is 32.7. The Morgan fingerprint density at radius 3 is 2.40 bits per heavy atom. The fourth-order valence-electron chi connectivity index (χ4n) is 13.1. The van der Waals surface area contributed by atoms with Gasteiger partial charge in [-0.2, -0.15) is 0 Å². The van der Waals surface area contributed by atoms with Gasteiger partial charge in [-0.05, 0) is 99.3 Å². The van der Waals surface area contributed by atoms with Crippen LogP contribution in [0.4, 0.5) is 10.1 Å². The van der Waals surface area contributed by atoms with E-state index in [0.29, 0.717) is 52.0 Å². The van der Waals surface area contributed by atoms with Gasteiger partial charge in [0.25, 0.3) is 0 Å². The van der Waals surface area contributed by atoms with Crippen molar-refractivity contribution in [3.05, 3.63) is 88.7 Å². The average molecular weight is 728 g/mol. The van der Waals surface area contributed by atoms with E-state index in [1.54, 1.807) is 12.1 Å². The monoisotopic (exact) mass is 727 g/mol. The van der Waals surface area contributed by atoms with Crippen molar-refractivity contribution in [2.75, 3.05) is 31.2 Å². The SMILES string of the molecule is C[C@]12CC[C@H]3[C@]4(C=C[C@@]5(C=C4C(=O)Cc4c(F)cccc4Cl)CC(O)CC[C@]35C)[C@@H]1CC[C@@]2(O)CN1CCC2(CC1)C(=O)NCN2c1ccccc1. The van der Waals surface area contributed by atoms with Crippen molar-refractivity contribution in [3.63, 3.8) is 0 Å². The highest BCUT2D eigenvalue weighted by atomic mass is 35.5. The number of halogens is 2. The Kier molecular flexibility index (Phi) is 7.83. The van der Waals surface area contributed by atoms with Crippen LogP contribution in [0.3, 0.4) is 0 Å².